The van der Waals surface area contributed by atoms with Crippen molar-refractivity contribution in [1.29, 1.82) is 5.26 Å². The standard InChI is InChI=1S/C13H18N4/c1-9-6-7-16-13(10(9)8-14)17-12-5-3-2-4-11(12)15/h6-7,11-12H,2-5,15H2,1H3,(H,16,17)/t11-,12-/m1/s1. The van der Waals surface area contributed by atoms with Crippen LogP contribution in [0.3, 0.4) is 0 Å². The van der Waals surface area contributed by atoms with Gasteiger partial charge in [-0.15, -0.1) is 0 Å². The van der Waals surface area contributed by atoms with Crippen molar-refractivity contribution in [3.8, 4) is 6.07 Å². The highest BCUT2D eigenvalue weighted by molar-refractivity contribution is 5.55. The molecule has 4 nitrogen and oxygen atoms in total. The van der Waals surface area contributed by atoms with Gasteiger partial charge in [-0.05, 0) is 31.4 Å². The average Bonchev–Trinajstić information content (AvgIpc) is 2.32. The average molecular weight is 230 g/mol. The topological polar surface area (TPSA) is 74.7 Å². The summed E-state index contributed by atoms with van der Waals surface area (Å²) in [6.07, 6.45) is 6.23. The van der Waals surface area contributed by atoms with Crippen LogP contribution in [-0.4, -0.2) is 17.1 Å². The van der Waals surface area contributed by atoms with Gasteiger partial charge in [-0.25, -0.2) is 4.98 Å². The molecule has 1 heterocycles. The van der Waals surface area contributed by atoms with Crippen molar-refractivity contribution < 1.29 is 0 Å². The molecule has 1 saturated carbocycles. The molecule has 1 aromatic heterocycles. The van der Waals surface area contributed by atoms with E-state index in [4.69, 9.17) is 11.0 Å². The fourth-order valence-corrected chi connectivity index (χ4v) is 2.32. The Kier molecular flexibility index (Phi) is 3.60. The van der Waals surface area contributed by atoms with Crippen LogP contribution in [0.2, 0.25) is 0 Å². The lowest BCUT2D eigenvalue weighted by molar-refractivity contribution is 0.403. The molecule has 0 saturated heterocycles. The van der Waals surface area contributed by atoms with E-state index in [0.717, 1.165) is 18.4 Å². The molecule has 0 bridgehead atoms. The van der Waals surface area contributed by atoms with Crippen molar-refractivity contribution in [2.75, 3.05) is 5.32 Å². The van der Waals surface area contributed by atoms with Gasteiger partial charge in [-0.1, -0.05) is 12.8 Å². The van der Waals surface area contributed by atoms with Crippen molar-refractivity contribution in [3.05, 3.63) is 23.4 Å². The minimum absolute atomic E-state index is 0.164. The summed E-state index contributed by atoms with van der Waals surface area (Å²) in [5.74, 6) is 0.676. The van der Waals surface area contributed by atoms with E-state index in [1.807, 2.05) is 13.0 Å². The number of aromatic nitrogens is 1. The molecule has 1 aliphatic carbocycles. The highest BCUT2D eigenvalue weighted by atomic mass is 15.0. The number of nitriles is 1. The first-order valence-electron chi connectivity index (χ1n) is 6.10. The number of hydrogen-bond donors (Lipinski definition) is 2. The molecule has 0 spiro atoms. The monoisotopic (exact) mass is 230 g/mol. The van der Waals surface area contributed by atoms with Crippen molar-refractivity contribution in [2.45, 2.75) is 44.7 Å². The Morgan fingerprint density at radius 3 is 2.94 bits per heavy atom. The maximum Gasteiger partial charge on any atom is 0.144 e. The third kappa shape index (κ3) is 2.56. The van der Waals surface area contributed by atoms with Gasteiger partial charge in [0.1, 0.15) is 11.9 Å². The van der Waals surface area contributed by atoms with Gasteiger partial charge in [0.15, 0.2) is 0 Å². The van der Waals surface area contributed by atoms with E-state index in [2.05, 4.69) is 16.4 Å². The van der Waals surface area contributed by atoms with Crippen LogP contribution in [0.15, 0.2) is 12.3 Å². The summed E-state index contributed by atoms with van der Waals surface area (Å²) in [5.41, 5.74) is 7.67. The molecule has 1 fully saturated rings. The Bertz CT molecular complexity index is 436. The molecule has 0 aromatic carbocycles. The molecule has 1 aromatic rings. The summed E-state index contributed by atoms with van der Waals surface area (Å²) in [7, 11) is 0. The third-order valence-corrected chi connectivity index (χ3v) is 3.41. The van der Waals surface area contributed by atoms with E-state index in [9.17, 15) is 0 Å². The predicted octanol–water partition coefficient (Wildman–Crippen LogP) is 1.94. The smallest absolute Gasteiger partial charge is 0.144 e. The summed E-state index contributed by atoms with van der Waals surface area (Å²) >= 11 is 0. The zero-order valence-corrected chi connectivity index (χ0v) is 10.1. The van der Waals surface area contributed by atoms with Gasteiger partial charge in [-0.2, -0.15) is 5.26 Å². The number of nitrogens with one attached hydrogen (secondary N) is 1. The Labute approximate surface area is 102 Å². The van der Waals surface area contributed by atoms with E-state index >= 15 is 0 Å². The van der Waals surface area contributed by atoms with Crippen molar-refractivity contribution in [2.24, 2.45) is 5.73 Å². The van der Waals surface area contributed by atoms with E-state index in [1.54, 1.807) is 6.20 Å². The third-order valence-electron chi connectivity index (χ3n) is 3.41. The fraction of sp³-hybridized carbons (Fsp3) is 0.538. The summed E-state index contributed by atoms with van der Waals surface area (Å²) in [4.78, 5) is 4.25. The van der Waals surface area contributed by atoms with Gasteiger partial charge < -0.3 is 11.1 Å². The van der Waals surface area contributed by atoms with E-state index in [-0.39, 0.29) is 12.1 Å². The number of rotatable bonds is 2. The molecule has 0 radical (unpaired) electrons. The number of nitrogens with zero attached hydrogens (tertiary/aromatic N) is 2. The molecular formula is C13H18N4. The lowest BCUT2D eigenvalue weighted by atomic mass is 9.91. The first kappa shape index (κ1) is 11.9. The summed E-state index contributed by atoms with van der Waals surface area (Å²) in [5, 5.41) is 12.5. The van der Waals surface area contributed by atoms with Gasteiger partial charge in [0, 0.05) is 18.3 Å². The molecular weight excluding hydrogens is 212 g/mol. The highest BCUT2D eigenvalue weighted by Gasteiger charge is 2.22. The number of hydrogen-bond acceptors (Lipinski definition) is 4. The SMILES string of the molecule is Cc1ccnc(N[C@@H]2CCCC[C@H]2N)c1C#N. The lowest BCUT2D eigenvalue weighted by Crippen LogP contribution is -2.42. The van der Waals surface area contributed by atoms with Crippen LogP contribution in [0.25, 0.3) is 0 Å². The van der Waals surface area contributed by atoms with E-state index < -0.39 is 0 Å². The Morgan fingerprint density at radius 1 is 1.47 bits per heavy atom. The fourth-order valence-electron chi connectivity index (χ4n) is 2.32. The molecule has 0 amide bonds. The maximum atomic E-state index is 9.13. The quantitative estimate of drug-likeness (QED) is 0.814. The first-order chi connectivity index (χ1) is 8.22. The van der Waals surface area contributed by atoms with Crippen molar-refractivity contribution in [1.82, 2.24) is 4.98 Å². The van der Waals surface area contributed by atoms with E-state index in [1.165, 1.54) is 12.8 Å². The van der Waals surface area contributed by atoms with Gasteiger partial charge in [-0.3, -0.25) is 0 Å². The van der Waals surface area contributed by atoms with Gasteiger partial charge in [0.2, 0.25) is 0 Å². The lowest BCUT2D eigenvalue weighted by Gasteiger charge is -2.30. The summed E-state index contributed by atoms with van der Waals surface area (Å²) in [6, 6.07) is 4.46. The molecule has 1 aliphatic rings. The van der Waals surface area contributed by atoms with Crippen LogP contribution in [0.5, 0.6) is 0 Å². The minimum Gasteiger partial charge on any atom is -0.365 e. The van der Waals surface area contributed by atoms with Crippen LogP contribution < -0.4 is 11.1 Å². The molecule has 90 valence electrons. The Balaban J connectivity index is 2.18. The number of aryl methyl sites for hydroxylation is 1. The van der Waals surface area contributed by atoms with Gasteiger partial charge in [0.05, 0.1) is 5.56 Å². The second kappa shape index (κ2) is 5.15. The Hall–Kier alpha value is -1.60. The summed E-state index contributed by atoms with van der Waals surface area (Å²) < 4.78 is 0. The van der Waals surface area contributed by atoms with Crippen LogP contribution in [0.4, 0.5) is 5.82 Å². The normalized spacial score (nSPS) is 24.1. The maximum absolute atomic E-state index is 9.13. The number of nitrogens with two attached hydrogens (primary N) is 1. The molecule has 0 unspecified atom stereocenters. The molecule has 0 aliphatic heterocycles. The van der Waals surface area contributed by atoms with E-state index in [0.29, 0.717) is 11.4 Å². The molecule has 2 rings (SSSR count). The van der Waals surface area contributed by atoms with Gasteiger partial charge >= 0.3 is 0 Å². The van der Waals surface area contributed by atoms with Crippen molar-refractivity contribution in [3.63, 3.8) is 0 Å². The summed E-state index contributed by atoms with van der Waals surface area (Å²) in [6.45, 7) is 1.92. The second-order valence-electron chi connectivity index (χ2n) is 4.66. The Morgan fingerprint density at radius 2 is 2.24 bits per heavy atom. The predicted molar refractivity (Wildman–Crippen MR) is 67.5 cm³/mol. The molecule has 17 heavy (non-hydrogen) atoms. The first-order valence-corrected chi connectivity index (χ1v) is 6.10. The van der Waals surface area contributed by atoms with Crippen LogP contribution >= 0.6 is 0 Å². The van der Waals surface area contributed by atoms with Crippen LogP contribution in [-0.2, 0) is 0 Å². The number of pyridine rings is 1. The zero-order valence-electron chi connectivity index (χ0n) is 10.1. The number of anilines is 1. The second-order valence-corrected chi connectivity index (χ2v) is 4.66. The molecule has 4 heteroatoms. The van der Waals surface area contributed by atoms with Gasteiger partial charge in [0.25, 0.3) is 0 Å². The minimum atomic E-state index is 0.164. The molecule has 3 N–H and O–H groups in total. The highest BCUT2D eigenvalue weighted by Crippen LogP contribution is 2.22. The van der Waals surface area contributed by atoms with Crippen LogP contribution in [0.1, 0.15) is 36.8 Å². The van der Waals surface area contributed by atoms with Crippen LogP contribution in [0, 0.1) is 18.3 Å². The molecule has 2 atom stereocenters. The largest absolute Gasteiger partial charge is 0.365 e. The zero-order chi connectivity index (χ0) is 12.3. The van der Waals surface area contributed by atoms with Crippen molar-refractivity contribution >= 4 is 5.82 Å².